The molecular weight excluding hydrogens is 656 g/mol. The number of aliphatic hydroxyl groups is 4. The van der Waals surface area contributed by atoms with Gasteiger partial charge in [0.1, 0.15) is 23.7 Å². The fourth-order valence-electron chi connectivity index (χ4n) is 12.5. The van der Waals surface area contributed by atoms with E-state index in [0.29, 0.717) is 19.3 Å². The predicted molar refractivity (Wildman–Crippen MR) is 177 cm³/mol. The molecule has 5 fully saturated rings. The zero-order valence-electron chi connectivity index (χ0n) is 30.0. The lowest BCUT2D eigenvalue weighted by atomic mass is 9.33. The maximum absolute atomic E-state index is 13.0. The first-order valence-electron chi connectivity index (χ1n) is 18.0. The van der Waals surface area contributed by atoms with E-state index in [4.69, 9.17) is 13.7 Å². The average molecular weight is 715 g/mol. The third kappa shape index (κ3) is 5.50. The number of allylic oxidation sites excluding steroid dienone is 2. The van der Waals surface area contributed by atoms with Crippen molar-refractivity contribution in [3.63, 3.8) is 0 Å². The molecule has 49 heavy (non-hydrogen) atoms. The van der Waals surface area contributed by atoms with Gasteiger partial charge in [0.25, 0.3) is 0 Å². The Hall–Kier alpha value is -1.16. The van der Waals surface area contributed by atoms with Crippen molar-refractivity contribution in [2.24, 2.45) is 50.2 Å². The van der Waals surface area contributed by atoms with E-state index in [-0.39, 0.29) is 39.4 Å². The van der Waals surface area contributed by atoms with Gasteiger partial charge in [0.05, 0.1) is 18.8 Å². The van der Waals surface area contributed by atoms with Gasteiger partial charge < -0.3 is 35.0 Å². The van der Waals surface area contributed by atoms with Gasteiger partial charge in [-0.3, -0.25) is 9.35 Å². The van der Waals surface area contributed by atoms with Crippen LogP contribution in [0.25, 0.3) is 0 Å². The summed E-state index contributed by atoms with van der Waals surface area (Å²) in [6.07, 6.45) is -0.770. The number of rotatable bonds is 6. The highest BCUT2D eigenvalue weighted by Crippen LogP contribution is 2.76. The average Bonchev–Trinajstić information content (AvgIpc) is 2.97. The van der Waals surface area contributed by atoms with Gasteiger partial charge in [-0.05, 0) is 103 Å². The van der Waals surface area contributed by atoms with Gasteiger partial charge in [0.15, 0.2) is 12.4 Å². The monoisotopic (exact) mass is 714 g/mol. The largest absolute Gasteiger partial charge is 0.481 e. The van der Waals surface area contributed by atoms with Crippen LogP contribution >= 0.6 is 0 Å². The Bertz CT molecular complexity index is 1460. The third-order valence-electron chi connectivity index (χ3n) is 15.4. The number of aliphatic hydroxyl groups excluding tert-OH is 4. The van der Waals surface area contributed by atoms with Crippen LogP contribution in [0.15, 0.2) is 11.6 Å². The van der Waals surface area contributed by atoms with E-state index in [0.717, 1.165) is 38.5 Å². The Morgan fingerprint density at radius 1 is 0.939 bits per heavy atom. The lowest BCUT2D eigenvalue weighted by molar-refractivity contribution is -0.326. The number of carboxylic acid groups (broad SMARTS) is 1. The molecule has 1 aliphatic heterocycles. The molecule has 0 aromatic carbocycles. The summed E-state index contributed by atoms with van der Waals surface area (Å²) in [6.45, 7) is 15.0. The number of carbonyl (C=O) groups is 1. The molecular formula is C36H58O12S. The second kappa shape index (κ2) is 11.9. The summed E-state index contributed by atoms with van der Waals surface area (Å²) in [7, 11) is -5.05. The van der Waals surface area contributed by atoms with Crippen molar-refractivity contribution < 1.29 is 57.0 Å². The fraction of sp³-hybridized carbons (Fsp3) is 0.917. The Balaban J connectivity index is 1.31. The number of hydrogen-bond acceptors (Lipinski definition) is 10. The number of hydrogen-bond donors (Lipinski definition) is 6. The first kappa shape index (κ1) is 37.6. The minimum Gasteiger partial charge on any atom is -0.481 e. The maximum atomic E-state index is 13.0. The fourth-order valence-corrected chi connectivity index (χ4v) is 13.0. The van der Waals surface area contributed by atoms with E-state index >= 15 is 0 Å². The molecule has 0 radical (unpaired) electrons. The first-order chi connectivity index (χ1) is 22.5. The maximum Gasteiger partial charge on any atom is 0.397 e. The molecule has 0 spiro atoms. The summed E-state index contributed by atoms with van der Waals surface area (Å²) < 4.78 is 49.8. The molecule has 0 aromatic heterocycles. The molecule has 6 rings (SSSR count). The first-order valence-corrected chi connectivity index (χ1v) is 19.4. The molecule has 0 bridgehead atoms. The van der Waals surface area contributed by atoms with E-state index in [9.17, 15) is 43.3 Å². The molecule has 6 aliphatic rings. The van der Waals surface area contributed by atoms with Crippen molar-refractivity contribution in [2.45, 2.75) is 149 Å². The van der Waals surface area contributed by atoms with Crippen molar-refractivity contribution in [1.29, 1.82) is 0 Å². The van der Waals surface area contributed by atoms with Gasteiger partial charge in [-0.1, -0.05) is 60.1 Å². The highest BCUT2D eigenvalue weighted by Gasteiger charge is 2.71. The standard InChI is InChI=1S/C36H58O12S/c1-31(2)14-15-36(30(41)42)20(16-31)19-8-9-23-33(5)12-11-25(32(3,4)22(33)10-13-34(23,6)35(19,7)17-24(36)38)47-29-28(48-49(43,44)45)27(40)26(39)21(18-37)46-29/h8,20-29,37-40H,9-18H2,1-7H3,(H,41,42)(H,43,44,45)/t20-,21+,22-,23+,24+,25-,26+,27-,28+,29-,33-,34+,35+,36+/m0/s1. The Morgan fingerprint density at radius 2 is 1.61 bits per heavy atom. The molecule has 13 heteroatoms. The second-order valence-corrected chi connectivity index (χ2v) is 19.5. The van der Waals surface area contributed by atoms with Gasteiger partial charge in [-0.2, -0.15) is 8.42 Å². The molecule has 0 amide bonds. The van der Waals surface area contributed by atoms with Crippen LogP contribution in [0.4, 0.5) is 0 Å². The Morgan fingerprint density at radius 3 is 2.22 bits per heavy atom. The topological polar surface area (TPSA) is 200 Å². The predicted octanol–water partition coefficient (Wildman–Crippen LogP) is 3.86. The molecule has 0 unspecified atom stereocenters. The van der Waals surface area contributed by atoms with Crippen LogP contribution in [0.1, 0.15) is 106 Å². The van der Waals surface area contributed by atoms with E-state index in [1.807, 2.05) is 0 Å². The SMILES string of the molecule is CC1(C)CC[C@]2(C(=O)O)[C@H](O)C[C@]3(C)C(=CC[C@@H]4[C@@]5(C)CC[C@H](O[C@@H]6O[C@H](CO)[C@@H](O)[C@H](O)[C@H]6OS(=O)(=O)O)C(C)(C)[C@@H]5CC[C@]43C)[C@@H]2C1. The Kier molecular flexibility index (Phi) is 9.15. The second-order valence-electron chi connectivity index (χ2n) is 18.5. The van der Waals surface area contributed by atoms with E-state index in [2.05, 4.69) is 54.5 Å². The molecule has 12 nitrogen and oxygen atoms in total. The van der Waals surface area contributed by atoms with Gasteiger partial charge in [0, 0.05) is 0 Å². The summed E-state index contributed by atoms with van der Waals surface area (Å²) in [5, 5.41) is 53.5. The molecule has 14 atom stereocenters. The summed E-state index contributed by atoms with van der Waals surface area (Å²) in [5.74, 6) is -0.711. The van der Waals surface area contributed by atoms with Crippen LogP contribution in [0.3, 0.4) is 0 Å². The number of aliphatic carboxylic acids is 1. The van der Waals surface area contributed by atoms with E-state index < -0.39 is 76.7 Å². The van der Waals surface area contributed by atoms with E-state index in [1.165, 1.54) is 5.57 Å². The zero-order valence-corrected chi connectivity index (χ0v) is 30.8. The summed E-state index contributed by atoms with van der Waals surface area (Å²) >= 11 is 0. The zero-order chi connectivity index (χ0) is 36.3. The quantitative estimate of drug-likeness (QED) is 0.132. The van der Waals surface area contributed by atoms with Gasteiger partial charge in [0.2, 0.25) is 0 Å². The van der Waals surface area contributed by atoms with Crippen molar-refractivity contribution in [1.82, 2.24) is 0 Å². The Labute approximate surface area is 290 Å². The summed E-state index contributed by atoms with van der Waals surface area (Å²) in [6, 6.07) is 0. The number of carboxylic acids is 1. The minimum absolute atomic E-state index is 0.0228. The van der Waals surface area contributed by atoms with Gasteiger partial charge >= 0.3 is 16.4 Å². The number of ether oxygens (including phenoxy) is 2. The molecule has 0 aromatic rings. The lowest BCUT2D eigenvalue weighted by Crippen LogP contribution is -2.68. The molecule has 5 aliphatic carbocycles. The highest BCUT2D eigenvalue weighted by molar-refractivity contribution is 7.80. The number of fused-ring (bicyclic) bond motifs is 7. The van der Waals surface area contributed by atoms with Crippen molar-refractivity contribution in [3.8, 4) is 0 Å². The van der Waals surface area contributed by atoms with Crippen LogP contribution in [-0.2, 0) is 28.9 Å². The van der Waals surface area contributed by atoms with Crippen molar-refractivity contribution in [3.05, 3.63) is 11.6 Å². The lowest BCUT2D eigenvalue weighted by Gasteiger charge is -2.71. The van der Waals surface area contributed by atoms with Gasteiger partial charge in [-0.15, -0.1) is 0 Å². The highest BCUT2D eigenvalue weighted by atomic mass is 32.3. The van der Waals surface area contributed by atoms with Gasteiger partial charge in [-0.25, -0.2) is 4.18 Å². The van der Waals surface area contributed by atoms with E-state index in [1.54, 1.807) is 0 Å². The van der Waals surface area contributed by atoms with Crippen LogP contribution in [0, 0.1) is 50.2 Å². The van der Waals surface area contributed by atoms with Crippen molar-refractivity contribution in [2.75, 3.05) is 6.61 Å². The molecule has 280 valence electrons. The van der Waals surface area contributed by atoms with Crippen LogP contribution in [0.5, 0.6) is 0 Å². The summed E-state index contributed by atoms with van der Waals surface area (Å²) in [4.78, 5) is 13.0. The minimum atomic E-state index is -5.05. The van der Waals surface area contributed by atoms with Crippen LogP contribution in [-0.4, -0.2) is 94.0 Å². The third-order valence-corrected chi connectivity index (χ3v) is 15.8. The molecule has 1 saturated heterocycles. The van der Waals surface area contributed by atoms with Crippen molar-refractivity contribution >= 4 is 16.4 Å². The smallest absolute Gasteiger partial charge is 0.397 e. The molecule has 1 heterocycles. The molecule has 6 N–H and O–H groups in total. The van der Waals surface area contributed by atoms with Crippen LogP contribution in [0.2, 0.25) is 0 Å². The van der Waals surface area contributed by atoms with Crippen LogP contribution < -0.4 is 0 Å². The molecule has 4 saturated carbocycles. The summed E-state index contributed by atoms with van der Waals surface area (Å²) in [5.41, 5.74) is -1.17. The normalized spacial score (nSPS) is 50.6.